The molecule has 0 atom stereocenters. The number of pyridine rings is 2. The highest BCUT2D eigenvalue weighted by Crippen LogP contribution is 2.30. The molecule has 0 N–H and O–H groups in total. The van der Waals surface area contributed by atoms with Crippen LogP contribution in [-0.4, -0.2) is 24.1 Å². The quantitative estimate of drug-likeness (QED) is 0.545. The highest BCUT2D eigenvalue weighted by Gasteiger charge is 2.10. The third-order valence-electron chi connectivity index (χ3n) is 4.07. The highest BCUT2D eigenvalue weighted by molar-refractivity contribution is 5.94. The molecule has 0 saturated carbocycles. The molecule has 3 nitrogen and oxygen atoms in total. The van der Waals surface area contributed by atoms with Crippen molar-refractivity contribution in [2.24, 2.45) is 0 Å². The van der Waals surface area contributed by atoms with Gasteiger partial charge in [0.05, 0.1) is 16.9 Å². The molecule has 0 amide bonds. The summed E-state index contributed by atoms with van der Waals surface area (Å²) < 4.78 is 0. The van der Waals surface area contributed by atoms with Crippen molar-refractivity contribution in [3.63, 3.8) is 0 Å². The summed E-state index contributed by atoms with van der Waals surface area (Å²) in [4.78, 5) is 11.5. The maximum Gasteiger partial charge on any atom is 0.0914 e. The van der Waals surface area contributed by atoms with E-state index in [1.807, 2.05) is 36.5 Å². The Balaban J connectivity index is 1.96. The molecule has 4 rings (SSSR count). The van der Waals surface area contributed by atoms with Gasteiger partial charge in [-0.2, -0.15) is 0 Å². The van der Waals surface area contributed by atoms with Crippen molar-refractivity contribution >= 4 is 27.4 Å². The Hall–Kier alpha value is -2.94. The molecule has 0 aliphatic heterocycles. The molecule has 2 heterocycles. The second kappa shape index (κ2) is 5.36. The Labute approximate surface area is 135 Å². The molecule has 23 heavy (non-hydrogen) atoms. The van der Waals surface area contributed by atoms with Gasteiger partial charge < -0.3 is 4.90 Å². The fraction of sp³-hybridized carbons (Fsp3) is 0.100. The molecule has 2 aromatic carbocycles. The minimum absolute atomic E-state index is 0.901. The Bertz CT molecular complexity index is 1010. The van der Waals surface area contributed by atoms with E-state index in [2.05, 4.69) is 54.3 Å². The van der Waals surface area contributed by atoms with Gasteiger partial charge in [0, 0.05) is 36.8 Å². The number of para-hydroxylation sites is 1. The van der Waals surface area contributed by atoms with Crippen molar-refractivity contribution in [1.82, 2.24) is 9.97 Å². The van der Waals surface area contributed by atoms with Crippen LogP contribution in [0.4, 0.5) is 5.69 Å². The summed E-state index contributed by atoms with van der Waals surface area (Å²) in [7, 11) is 4.11. The van der Waals surface area contributed by atoms with Crippen LogP contribution in [-0.2, 0) is 0 Å². The van der Waals surface area contributed by atoms with E-state index in [-0.39, 0.29) is 0 Å². The smallest absolute Gasteiger partial charge is 0.0914 e. The lowest BCUT2D eigenvalue weighted by molar-refractivity contribution is 1.13. The van der Waals surface area contributed by atoms with Crippen molar-refractivity contribution in [3.8, 4) is 11.4 Å². The van der Waals surface area contributed by atoms with E-state index in [9.17, 15) is 0 Å². The number of fused-ring (bicyclic) bond motifs is 2. The first-order valence-electron chi connectivity index (χ1n) is 7.65. The average molecular weight is 299 g/mol. The summed E-state index contributed by atoms with van der Waals surface area (Å²) in [5, 5.41) is 3.48. The molecule has 0 aliphatic rings. The van der Waals surface area contributed by atoms with E-state index in [4.69, 9.17) is 4.98 Å². The molecule has 4 aromatic rings. The first-order chi connectivity index (χ1) is 11.2. The molecule has 0 radical (unpaired) electrons. The van der Waals surface area contributed by atoms with Crippen LogP contribution in [0, 0.1) is 0 Å². The van der Waals surface area contributed by atoms with Crippen molar-refractivity contribution in [3.05, 3.63) is 66.9 Å². The lowest BCUT2D eigenvalue weighted by Crippen LogP contribution is -2.10. The maximum atomic E-state index is 4.81. The monoisotopic (exact) mass is 299 g/mol. The van der Waals surface area contributed by atoms with Gasteiger partial charge >= 0.3 is 0 Å². The molecule has 2 aromatic heterocycles. The molecule has 0 spiro atoms. The zero-order valence-electron chi connectivity index (χ0n) is 13.2. The minimum Gasteiger partial charge on any atom is -0.377 e. The number of nitrogens with zero attached hydrogens (tertiary/aromatic N) is 3. The summed E-state index contributed by atoms with van der Waals surface area (Å²) in [6, 6.07) is 20.7. The van der Waals surface area contributed by atoms with Crippen molar-refractivity contribution in [2.75, 3.05) is 19.0 Å². The fourth-order valence-electron chi connectivity index (χ4n) is 2.88. The van der Waals surface area contributed by atoms with Gasteiger partial charge in [-0.1, -0.05) is 42.5 Å². The van der Waals surface area contributed by atoms with Crippen molar-refractivity contribution < 1.29 is 0 Å². The van der Waals surface area contributed by atoms with Gasteiger partial charge in [-0.05, 0) is 23.6 Å². The normalized spacial score (nSPS) is 11.0. The Morgan fingerprint density at radius 3 is 2.35 bits per heavy atom. The third-order valence-corrected chi connectivity index (χ3v) is 4.07. The minimum atomic E-state index is 0.901. The standard InChI is InChI=1S/C20H17N3/c1-23(2)20-12-19(22-17-10-6-5-9-16(17)20)18-11-14-7-3-4-8-15(14)13-21-18/h3-13H,1-2H3. The first-order valence-corrected chi connectivity index (χ1v) is 7.65. The molecule has 0 bridgehead atoms. The molecule has 112 valence electrons. The summed E-state index contributed by atoms with van der Waals surface area (Å²) in [5.74, 6) is 0. The summed E-state index contributed by atoms with van der Waals surface area (Å²) in [6.45, 7) is 0. The fourth-order valence-corrected chi connectivity index (χ4v) is 2.88. The van der Waals surface area contributed by atoms with E-state index >= 15 is 0 Å². The first kappa shape index (κ1) is 13.7. The Kier molecular flexibility index (Phi) is 3.19. The molecular weight excluding hydrogens is 282 g/mol. The molecule has 0 unspecified atom stereocenters. The lowest BCUT2D eigenvalue weighted by Gasteiger charge is -2.16. The van der Waals surface area contributed by atoms with Gasteiger partial charge in [-0.25, -0.2) is 4.98 Å². The predicted molar refractivity (Wildman–Crippen MR) is 96.8 cm³/mol. The molecule has 0 saturated heterocycles. The summed E-state index contributed by atoms with van der Waals surface area (Å²) >= 11 is 0. The lowest BCUT2D eigenvalue weighted by atomic mass is 10.1. The van der Waals surface area contributed by atoms with E-state index in [0.29, 0.717) is 0 Å². The van der Waals surface area contributed by atoms with Crippen LogP contribution in [0.3, 0.4) is 0 Å². The largest absolute Gasteiger partial charge is 0.377 e. The third kappa shape index (κ3) is 2.40. The van der Waals surface area contributed by atoms with Crippen LogP contribution >= 0.6 is 0 Å². The Morgan fingerprint density at radius 2 is 1.52 bits per heavy atom. The average Bonchev–Trinajstić information content (AvgIpc) is 2.60. The van der Waals surface area contributed by atoms with Crippen LogP contribution in [0.2, 0.25) is 0 Å². The second-order valence-electron chi connectivity index (χ2n) is 5.85. The topological polar surface area (TPSA) is 29.0 Å². The second-order valence-corrected chi connectivity index (χ2v) is 5.85. The summed E-state index contributed by atoms with van der Waals surface area (Å²) in [6.07, 6.45) is 1.91. The SMILES string of the molecule is CN(C)c1cc(-c2cc3ccccc3cn2)nc2ccccc12. The van der Waals surface area contributed by atoms with Gasteiger partial charge in [0.25, 0.3) is 0 Å². The number of rotatable bonds is 2. The highest BCUT2D eigenvalue weighted by atomic mass is 15.1. The van der Waals surface area contributed by atoms with Crippen molar-refractivity contribution in [2.45, 2.75) is 0 Å². The predicted octanol–water partition coefficient (Wildman–Crippen LogP) is 4.52. The van der Waals surface area contributed by atoms with Gasteiger partial charge in [-0.15, -0.1) is 0 Å². The van der Waals surface area contributed by atoms with Gasteiger partial charge in [0.2, 0.25) is 0 Å². The van der Waals surface area contributed by atoms with Gasteiger partial charge in [0.1, 0.15) is 0 Å². The van der Waals surface area contributed by atoms with Crippen LogP contribution in [0.25, 0.3) is 33.1 Å². The van der Waals surface area contributed by atoms with E-state index < -0.39 is 0 Å². The number of hydrogen-bond donors (Lipinski definition) is 0. The molecule has 3 heteroatoms. The number of anilines is 1. The van der Waals surface area contributed by atoms with E-state index in [1.54, 1.807) is 0 Å². The van der Waals surface area contributed by atoms with Crippen LogP contribution < -0.4 is 4.90 Å². The van der Waals surface area contributed by atoms with Crippen LogP contribution in [0.1, 0.15) is 0 Å². The maximum absolute atomic E-state index is 4.81. The van der Waals surface area contributed by atoms with Gasteiger partial charge in [-0.3, -0.25) is 4.98 Å². The van der Waals surface area contributed by atoms with E-state index in [0.717, 1.165) is 33.4 Å². The number of aromatic nitrogens is 2. The summed E-state index contributed by atoms with van der Waals surface area (Å²) in [5.41, 5.74) is 3.94. The molecular formula is C20H17N3. The van der Waals surface area contributed by atoms with Gasteiger partial charge in [0.15, 0.2) is 0 Å². The zero-order chi connectivity index (χ0) is 15.8. The van der Waals surface area contributed by atoms with E-state index in [1.165, 1.54) is 5.39 Å². The van der Waals surface area contributed by atoms with Crippen molar-refractivity contribution in [1.29, 1.82) is 0 Å². The van der Waals surface area contributed by atoms with Crippen LogP contribution in [0.5, 0.6) is 0 Å². The molecule has 0 fully saturated rings. The number of benzene rings is 2. The molecule has 0 aliphatic carbocycles. The number of hydrogen-bond acceptors (Lipinski definition) is 3. The van der Waals surface area contributed by atoms with Crippen LogP contribution in [0.15, 0.2) is 66.9 Å². The zero-order valence-corrected chi connectivity index (χ0v) is 13.2. The Morgan fingerprint density at radius 1 is 0.783 bits per heavy atom.